The van der Waals surface area contributed by atoms with Gasteiger partial charge in [-0.1, -0.05) is 36.4 Å². The Morgan fingerprint density at radius 1 is 0.808 bits per heavy atom. The van der Waals surface area contributed by atoms with Gasteiger partial charge in [-0.25, -0.2) is 9.18 Å². The van der Waals surface area contributed by atoms with Crippen LogP contribution in [-0.2, 0) is 6.18 Å². The molecule has 0 bridgehead atoms. The van der Waals surface area contributed by atoms with Gasteiger partial charge in [0.05, 0.1) is 11.1 Å². The van der Waals surface area contributed by atoms with Crippen LogP contribution in [0.4, 0.5) is 17.6 Å². The highest BCUT2D eigenvalue weighted by Crippen LogP contribution is 2.39. The summed E-state index contributed by atoms with van der Waals surface area (Å²) in [6.45, 7) is 0. The van der Waals surface area contributed by atoms with Crippen LogP contribution in [0.1, 0.15) is 15.9 Å². The lowest BCUT2D eigenvalue weighted by atomic mass is 9.90. The van der Waals surface area contributed by atoms with Crippen LogP contribution >= 0.6 is 0 Å². The van der Waals surface area contributed by atoms with Gasteiger partial charge in [-0.05, 0) is 52.6 Å². The van der Waals surface area contributed by atoms with Crippen molar-refractivity contribution in [1.29, 1.82) is 0 Å². The standard InChI is InChI=1S/C20H12F4O2/c21-14-8-5-12(6-9-14)15-10-7-13(20(22,23)24)11-18(15)16-3-1-2-4-17(16)19(25)26/h1-11H,(H,25,26). The summed E-state index contributed by atoms with van der Waals surface area (Å²) in [6, 6.07) is 14.2. The first-order valence-corrected chi connectivity index (χ1v) is 7.57. The predicted octanol–water partition coefficient (Wildman–Crippen LogP) is 5.88. The molecule has 0 spiro atoms. The van der Waals surface area contributed by atoms with Crippen molar-refractivity contribution in [3.05, 3.63) is 83.7 Å². The van der Waals surface area contributed by atoms with Gasteiger partial charge in [-0.2, -0.15) is 13.2 Å². The zero-order valence-electron chi connectivity index (χ0n) is 13.2. The first-order chi connectivity index (χ1) is 12.3. The van der Waals surface area contributed by atoms with Crippen molar-refractivity contribution in [2.75, 3.05) is 0 Å². The Labute approximate surface area is 146 Å². The number of hydrogen-bond acceptors (Lipinski definition) is 1. The zero-order valence-corrected chi connectivity index (χ0v) is 13.2. The summed E-state index contributed by atoms with van der Waals surface area (Å²) < 4.78 is 52.7. The van der Waals surface area contributed by atoms with Crippen molar-refractivity contribution in [2.45, 2.75) is 6.18 Å². The van der Waals surface area contributed by atoms with E-state index in [2.05, 4.69) is 0 Å². The van der Waals surface area contributed by atoms with E-state index < -0.39 is 23.5 Å². The molecule has 3 aromatic carbocycles. The van der Waals surface area contributed by atoms with E-state index in [1.165, 1.54) is 48.5 Å². The summed E-state index contributed by atoms with van der Waals surface area (Å²) in [5, 5.41) is 9.38. The predicted molar refractivity (Wildman–Crippen MR) is 89.2 cm³/mol. The molecule has 0 fully saturated rings. The lowest BCUT2D eigenvalue weighted by molar-refractivity contribution is -0.137. The number of carbonyl (C=O) groups is 1. The van der Waals surface area contributed by atoms with E-state index >= 15 is 0 Å². The number of carboxylic acid groups (broad SMARTS) is 1. The number of aromatic carboxylic acids is 1. The van der Waals surface area contributed by atoms with E-state index in [0.29, 0.717) is 11.1 Å². The molecule has 132 valence electrons. The summed E-state index contributed by atoms with van der Waals surface area (Å²) in [6.07, 6.45) is -4.58. The smallest absolute Gasteiger partial charge is 0.416 e. The van der Waals surface area contributed by atoms with Crippen LogP contribution in [0.3, 0.4) is 0 Å². The maximum absolute atomic E-state index is 13.2. The number of hydrogen-bond donors (Lipinski definition) is 1. The van der Waals surface area contributed by atoms with E-state index in [-0.39, 0.29) is 16.7 Å². The van der Waals surface area contributed by atoms with E-state index in [1.807, 2.05) is 0 Å². The second-order valence-corrected chi connectivity index (χ2v) is 5.62. The quantitative estimate of drug-likeness (QED) is 0.593. The summed E-state index contributed by atoms with van der Waals surface area (Å²) >= 11 is 0. The normalized spacial score (nSPS) is 11.4. The molecule has 0 aliphatic rings. The minimum atomic E-state index is -4.58. The van der Waals surface area contributed by atoms with Crippen molar-refractivity contribution in [3.8, 4) is 22.3 Å². The van der Waals surface area contributed by atoms with Crippen molar-refractivity contribution in [3.63, 3.8) is 0 Å². The van der Waals surface area contributed by atoms with Crippen molar-refractivity contribution in [2.24, 2.45) is 0 Å². The number of benzene rings is 3. The number of alkyl halides is 3. The highest BCUT2D eigenvalue weighted by atomic mass is 19.4. The molecule has 0 aliphatic heterocycles. The summed E-state index contributed by atoms with van der Waals surface area (Å²) in [7, 11) is 0. The van der Waals surface area contributed by atoms with Crippen LogP contribution in [0, 0.1) is 5.82 Å². The van der Waals surface area contributed by atoms with Crippen LogP contribution in [0.25, 0.3) is 22.3 Å². The number of halogens is 4. The van der Waals surface area contributed by atoms with Crippen LogP contribution in [-0.4, -0.2) is 11.1 Å². The van der Waals surface area contributed by atoms with Gasteiger partial charge in [0.2, 0.25) is 0 Å². The van der Waals surface area contributed by atoms with E-state index in [0.717, 1.165) is 12.1 Å². The molecule has 0 saturated heterocycles. The first kappa shape index (κ1) is 17.7. The van der Waals surface area contributed by atoms with Gasteiger partial charge in [0.15, 0.2) is 0 Å². The molecule has 0 aliphatic carbocycles. The molecule has 2 nitrogen and oxygen atoms in total. The average molecular weight is 360 g/mol. The fraction of sp³-hybridized carbons (Fsp3) is 0.0500. The lowest BCUT2D eigenvalue weighted by Gasteiger charge is -2.16. The molecule has 6 heteroatoms. The van der Waals surface area contributed by atoms with E-state index in [1.54, 1.807) is 6.07 Å². The van der Waals surface area contributed by atoms with Crippen molar-refractivity contribution >= 4 is 5.97 Å². The van der Waals surface area contributed by atoms with Gasteiger partial charge in [-0.3, -0.25) is 0 Å². The Hall–Kier alpha value is -3.15. The third-order valence-corrected chi connectivity index (χ3v) is 3.95. The van der Waals surface area contributed by atoms with E-state index in [4.69, 9.17) is 0 Å². The number of rotatable bonds is 3. The Bertz CT molecular complexity index is 960. The number of carboxylic acids is 1. The molecule has 3 aromatic rings. The van der Waals surface area contributed by atoms with Gasteiger partial charge in [0, 0.05) is 0 Å². The lowest BCUT2D eigenvalue weighted by Crippen LogP contribution is -2.06. The van der Waals surface area contributed by atoms with Gasteiger partial charge >= 0.3 is 12.1 Å². The third kappa shape index (κ3) is 3.44. The highest BCUT2D eigenvalue weighted by Gasteiger charge is 2.31. The van der Waals surface area contributed by atoms with Gasteiger partial charge in [-0.15, -0.1) is 0 Å². The van der Waals surface area contributed by atoms with Crippen LogP contribution in [0.2, 0.25) is 0 Å². The summed E-state index contributed by atoms with van der Waals surface area (Å²) in [5.74, 6) is -1.73. The molecule has 0 radical (unpaired) electrons. The second-order valence-electron chi connectivity index (χ2n) is 5.62. The second kappa shape index (κ2) is 6.63. The van der Waals surface area contributed by atoms with Gasteiger partial charge in [0.1, 0.15) is 5.82 Å². The van der Waals surface area contributed by atoms with Crippen molar-refractivity contribution < 1.29 is 27.5 Å². The first-order valence-electron chi connectivity index (χ1n) is 7.57. The molecule has 0 amide bonds. The minimum absolute atomic E-state index is 0.115. The molecule has 0 atom stereocenters. The van der Waals surface area contributed by atoms with Gasteiger partial charge in [0.25, 0.3) is 0 Å². The Morgan fingerprint density at radius 3 is 2.08 bits per heavy atom. The molecule has 3 rings (SSSR count). The highest BCUT2D eigenvalue weighted by molar-refractivity contribution is 5.99. The fourth-order valence-electron chi connectivity index (χ4n) is 2.73. The summed E-state index contributed by atoms with van der Waals surface area (Å²) in [4.78, 5) is 11.5. The molecule has 0 heterocycles. The van der Waals surface area contributed by atoms with Crippen LogP contribution < -0.4 is 0 Å². The Kier molecular flexibility index (Phi) is 4.50. The summed E-state index contributed by atoms with van der Waals surface area (Å²) in [5.41, 5.74) is 0.130. The Morgan fingerprint density at radius 2 is 1.46 bits per heavy atom. The molecular weight excluding hydrogens is 348 g/mol. The maximum atomic E-state index is 13.2. The minimum Gasteiger partial charge on any atom is -0.478 e. The van der Waals surface area contributed by atoms with Crippen molar-refractivity contribution in [1.82, 2.24) is 0 Å². The van der Waals surface area contributed by atoms with Gasteiger partial charge < -0.3 is 5.11 Å². The molecule has 26 heavy (non-hydrogen) atoms. The Balaban J connectivity index is 2.30. The van der Waals surface area contributed by atoms with Crippen LogP contribution in [0.15, 0.2) is 66.7 Å². The molecule has 0 unspecified atom stereocenters. The molecule has 0 saturated carbocycles. The zero-order chi connectivity index (χ0) is 18.9. The SMILES string of the molecule is O=C(O)c1ccccc1-c1cc(C(F)(F)F)ccc1-c1ccc(F)cc1. The molecular formula is C20H12F4O2. The van der Waals surface area contributed by atoms with Crippen LogP contribution in [0.5, 0.6) is 0 Å². The molecule has 0 aromatic heterocycles. The average Bonchev–Trinajstić information content (AvgIpc) is 2.61. The van der Waals surface area contributed by atoms with E-state index in [9.17, 15) is 27.5 Å². The monoisotopic (exact) mass is 360 g/mol. The maximum Gasteiger partial charge on any atom is 0.416 e. The largest absolute Gasteiger partial charge is 0.478 e. The fourth-order valence-corrected chi connectivity index (χ4v) is 2.73. The topological polar surface area (TPSA) is 37.3 Å². The third-order valence-electron chi connectivity index (χ3n) is 3.95. The molecule has 1 N–H and O–H groups in total.